The lowest BCUT2D eigenvalue weighted by molar-refractivity contribution is 0.0503. The number of nitroso groups, excluding NO2 is 1. The van der Waals surface area contributed by atoms with Gasteiger partial charge in [-0.2, -0.15) is 4.91 Å². The zero-order valence-corrected chi connectivity index (χ0v) is 6.30. The van der Waals surface area contributed by atoms with Crippen LogP contribution in [-0.4, -0.2) is 38.3 Å². The summed E-state index contributed by atoms with van der Waals surface area (Å²) in [4.78, 5) is 9.77. The zero-order valence-electron chi connectivity index (χ0n) is 6.30. The third-order valence-electron chi connectivity index (χ3n) is 1.23. The molecule has 1 fully saturated rings. The lowest BCUT2D eigenvalue weighted by Crippen LogP contribution is -2.32. The fourth-order valence-corrected chi connectivity index (χ4v) is 0.655. The van der Waals surface area contributed by atoms with E-state index in [-0.39, 0.29) is 6.15 Å². The molecule has 5 nitrogen and oxygen atoms in total. The molecule has 0 aliphatic carbocycles. The summed E-state index contributed by atoms with van der Waals surface area (Å²) in [5.41, 5.74) is 4.50. The topological polar surface area (TPSA) is 88.4 Å². The number of hydrogen-bond donors (Lipinski definition) is 2. The highest BCUT2D eigenvalue weighted by Gasteiger charge is 2.02. The molecule has 0 aromatic rings. The summed E-state index contributed by atoms with van der Waals surface area (Å²) in [5.74, 6) is 0. The van der Waals surface area contributed by atoms with Crippen LogP contribution in [0.15, 0.2) is 0 Å². The lowest BCUT2D eigenvalue weighted by Gasteiger charge is -2.21. The summed E-state index contributed by atoms with van der Waals surface area (Å²) in [6.07, 6.45) is 0. The van der Waals surface area contributed by atoms with Crippen molar-refractivity contribution in [2.45, 2.75) is 0 Å². The fraction of sp³-hybridized carbons (Fsp3) is 1.00. The molecule has 1 heterocycles. The molecular weight excluding hydrogens is 134 g/mol. The van der Waals surface area contributed by atoms with Gasteiger partial charge in [0.05, 0.1) is 13.2 Å². The molecular formula is C5H15N3O2. The average molecular weight is 149 g/mol. The van der Waals surface area contributed by atoms with Crippen LogP contribution in [0.1, 0.15) is 0 Å². The zero-order chi connectivity index (χ0) is 7.11. The van der Waals surface area contributed by atoms with Gasteiger partial charge in [0.15, 0.2) is 0 Å². The van der Waals surface area contributed by atoms with E-state index < -0.39 is 0 Å². The minimum absolute atomic E-state index is 0. The Morgan fingerprint density at radius 1 is 1.30 bits per heavy atom. The van der Waals surface area contributed by atoms with E-state index in [0.717, 1.165) is 26.3 Å². The summed E-state index contributed by atoms with van der Waals surface area (Å²) < 4.78 is 5.10. The first-order chi connectivity index (χ1) is 4.39. The number of likely N-dealkylation sites (N-methyl/N-ethyl adjacent to an activating group) is 1. The molecule has 0 aromatic carbocycles. The molecule has 1 aliphatic rings. The van der Waals surface area contributed by atoms with Crippen LogP contribution in [-0.2, 0) is 4.74 Å². The number of rotatable bonds is 0. The molecule has 4 N–H and O–H groups in total. The maximum atomic E-state index is 7.50. The number of hydrogen-bond acceptors (Lipinski definition) is 5. The Balaban J connectivity index is 0. The molecule has 62 valence electrons. The monoisotopic (exact) mass is 149 g/mol. The van der Waals surface area contributed by atoms with Crippen LogP contribution >= 0.6 is 0 Å². The minimum Gasteiger partial charge on any atom is -0.379 e. The number of ether oxygens (including phenoxy) is 1. The van der Waals surface area contributed by atoms with Crippen LogP contribution in [0.25, 0.3) is 0 Å². The second-order valence-corrected chi connectivity index (χ2v) is 1.92. The van der Waals surface area contributed by atoms with Gasteiger partial charge in [-0.25, -0.2) is 0 Å². The van der Waals surface area contributed by atoms with Gasteiger partial charge in [-0.15, -0.1) is 0 Å². The standard InChI is InChI=1S/C5H11NO.HNO.H3N/c1-6-2-4-7-5-3-6;1-2;/h2-5H2,1H3;1H;1H3. The molecule has 1 saturated heterocycles. The molecule has 0 aromatic heterocycles. The third kappa shape index (κ3) is 5.61. The van der Waals surface area contributed by atoms with Crippen LogP contribution in [0.2, 0.25) is 0 Å². The van der Waals surface area contributed by atoms with Crippen molar-refractivity contribution >= 4 is 0 Å². The van der Waals surface area contributed by atoms with Gasteiger partial charge in [0.1, 0.15) is 0 Å². The van der Waals surface area contributed by atoms with E-state index in [9.17, 15) is 0 Å². The second-order valence-electron chi connectivity index (χ2n) is 1.92. The highest BCUT2D eigenvalue weighted by atomic mass is 16.5. The van der Waals surface area contributed by atoms with Crippen LogP contribution in [0.4, 0.5) is 0 Å². The van der Waals surface area contributed by atoms with E-state index in [1.807, 2.05) is 0 Å². The Morgan fingerprint density at radius 2 is 1.70 bits per heavy atom. The Labute approximate surface area is 60.7 Å². The molecule has 1 rings (SSSR count). The van der Waals surface area contributed by atoms with Crippen molar-refractivity contribution in [3.8, 4) is 0 Å². The summed E-state index contributed by atoms with van der Waals surface area (Å²) in [5, 5.41) is 0. The van der Waals surface area contributed by atoms with Crippen LogP contribution in [0, 0.1) is 10.5 Å². The Morgan fingerprint density at radius 3 is 1.90 bits per heavy atom. The molecule has 5 heteroatoms. The highest BCUT2D eigenvalue weighted by Crippen LogP contribution is 1.89. The van der Waals surface area contributed by atoms with Crippen molar-refractivity contribution in [1.29, 1.82) is 5.59 Å². The molecule has 10 heavy (non-hydrogen) atoms. The van der Waals surface area contributed by atoms with Gasteiger partial charge in [0, 0.05) is 13.1 Å². The SMILES string of the molecule is CN1CCOCC1.N.N=O. The fourth-order valence-electron chi connectivity index (χ4n) is 0.655. The molecule has 0 spiro atoms. The average Bonchev–Trinajstić information content (AvgIpc) is 1.94. The molecule has 0 atom stereocenters. The summed E-state index contributed by atoms with van der Waals surface area (Å²) in [6, 6.07) is 0. The van der Waals surface area contributed by atoms with Crippen LogP contribution in [0.5, 0.6) is 0 Å². The summed E-state index contributed by atoms with van der Waals surface area (Å²) in [6.45, 7) is 4.02. The number of nitrogens with zero attached hydrogens (tertiary/aromatic N) is 1. The van der Waals surface area contributed by atoms with Gasteiger partial charge in [-0.05, 0) is 7.05 Å². The largest absolute Gasteiger partial charge is 0.379 e. The molecule has 0 radical (unpaired) electrons. The van der Waals surface area contributed by atoms with Crippen molar-refractivity contribution < 1.29 is 4.74 Å². The molecule has 0 unspecified atom stereocenters. The first-order valence-corrected chi connectivity index (χ1v) is 2.86. The van der Waals surface area contributed by atoms with Crippen molar-refractivity contribution in [2.75, 3.05) is 33.4 Å². The normalized spacial score (nSPS) is 18.1. The first-order valence-electron chi connectivity index (χ1n) is 2.86. The van der Waals surface area contributed by atoms with E-state index in [2.05, 4.69) is 17.5 Å². The first kappa shape index (κ1) is 12.2. The van der Waals surface area contributed by atoms with Gasteiger partial charge >= 0.3 is 0 Å². The quantitative estimate of drug-likeness (QED) is 0.489. The van der Waals surface area contributed by atoms with E-state index in [1.165, 1.54) is 0 Å². The van der Waals surface area contributed by atoms with E-state index >= 15 is 0 Å². The molecule has 0 bridgehead atoms. The van der Waals surface area contributed by atoms with Gasteiger partial charge < -0.3 is 15.8 Å². The maximum absolute atomic E-state index is 7.50. The van der Waals surface area contributed by atoms with E-state index in [1.54, 1.807) is 0 Å². The predicted molar refractivity (Wildman–Crippen MR) is 39.4 cm³/mol. The smallest absolute Gasteiger partial charge is 0.0594 e. The van der Waals surface area contributed by atoms with Gasteiger partial charge in [0.25, 0.3) is 0 Å². The molecule has 0 saturated carbocycles. The van der Waals surface area contributed by atoms with E-state index in [4.69, 9.17) is 9.64 Å². The van der Waals surface area contributed by atoms with Crippen molar-refractivity contribution in [2.24, 2.45) is 0 Å². The van der Waals surface area contributed by atoms with Crippen molar-refractivity contribution in [1.82, 2.24) is 11.1 Å². The van der Waals surface area contributed by atoms with Crippen molar-refractivity contribution in [3.63, 3.8) is 0 Å². The molecule has 0 amide bonds. The Bertz CT molecular complexity index is 65.9. The van der Waals surface area contributed by atoms with Crippen LogP contribution < -0.4 is 6.15 Å². The molecule has 1 aliphatic heterocycles. The number of morpholine rings is 1. The van der Waals surface area contributed by atoms with E-state index in [0.29, 0.717) is 0 Å². The Kier molecular flexibility index (Phi) is 10.3. The van der Waals surface area contributed by atoms with Gasteiger partial charge in [0.2, 0.25) is 0 Å². The van der Waals surface area contributed by atoms with Gasteiger partial charge in [-0.3, -0.25) is 0 Å². The van der Waals surface area contributed by atoms with Crippen molar-refractivity contribution in [3.05, 3.63) is 4.91 Å². The summed E-state index contributed by atoms with van der Waals surface area (Å²) >= 11 is 0. The predicted octanol–water partition coefficient (Wildman–Crippen LogP) is 0.442. The lowest BCUT2D eigenvalue weighted by atomic mass is 10.5. The van der Waals surface area contributed by atoms with Crippen LogP contribution in [0.3, 0.4) is 0 Å². The Hall–Kier alpha value is -0.520. The minimum atomic E-state index is 0. The highest BCUT2D eigenvalue weighted by molar-refractivity contribution is 4.53. The third-order valence-corrected chi connectivity index (χ3v) is 1.23. The summed E-state index contributed by atoms with van der Waals surface area (Å²) in [7, 11) is 2.11. The van der Waals surface area contributed by atoms with Gasteiger partial charge in [-0.1, -0.05) is 5.59 Å². The maximum Gasteiger partial charge on any atom is 0.0594 e. The number of nitrogens with one attached hydrogen (secondary N) is 1. The second kappa shape index (κ2) is 8.48.